The van der Waals surface area contributed by atoms with Gasteiger partial charge in [-0.25, -0.2) is 4.39 Å². The summed E-state index contributed by atoms with van der Waals surface area (Å²) in [7, 11) is 0. The van der Waals surface area contributed by atoms with Crippen LogP contribution in [0.5, 0.6) is 5.75 Å². The predicted octanol–water partition coefficient (Wildman–Crippen LogP) is 2.26. The lowest BCUT2D eigenvalue weighted by Crippen LogP contribution is -2.13. The van der Waals surface area contributed by atoms with Crippen LogP contribution in [-0.2, 0) is 4.74 Å². The second-order valence-electron chi connectivity index (χ2n) is 3.49. The molecule has 0 aliphatic heterocycles. The second kappa shape index (κ2) is 6.45. The highest BCUT2D eigenvalue weighted by molar-refractivity contribution is 5.36. The van der Waals surface area contributed by atoms with Gasteiger partial charge in [-0.05, 0) is 26.0 Å². The smallest absolute Gasteiger partial charge is 0.131 e. The van der Waals surface area contributed by atoms with E-state index < -0.39 is 0 Å². The Kier molecular flexibility index (Phi) is 5.22. The zero-order valence-electron chi connectivity index (χ0n) is 9.70. The molecule has 0 unspecified atom stereocenters. The molecule has 0 fully saturated rings. The van der Waals surface area contributed by atoms with Crippen LogP contribution in [0.15, 0.2) is 18.2 Å². The van der Waals surface area contributed by atoms with Gasteiger partial charge in [0.2, 0.25) is 0 Å². The molecule has 16 heavy (non-hydrogen) atoms. The van der Waals surface area contributed by atoms with Crippen molar-refractivity contribution in [1.29, 1.82) is 0 Å². The highest BCUT2D eigenvalue weighted by Gasteiger charge is 2.13. The van der Waals surface area contributed by atoms with E-state index in [9.17, 15) is 4.39 Å². The average molecular weight is 227 g/mol. The van der Waals surface area contributed by atoms with E-state index in [1.54, 1.807) is 19.1 Å². The monoisotopic (exact) mass is 227 g/mol. The van der Waals surface area contributed by atoms with Gasteiger partial charge in [0.05, 0.1) is 6.61 Å². The first-order chi connectivity index (χ1) is 7.66. The van der Waals surface area contributed by atoms with E-state index >= 15 is 0 Å². The number of benzene rings is 1. The number of hydrogen-bond donors (Lipinski definition) is 1. The van der Waals surface area contributed by atoms with Gasteiger partial charge in [-0.3, -0.25) is 0 Å². The van der Waals surface area contributed by atoms with Gasteiger partial charge in [-0.1, -0.05) is 6.07 Å². The molecule has 0 heterocycles. The first kappa shape index (κ1) is 12.9. The Labute approximate surface area is 95.4 Å². The van der Waals surface area contributed by atoms with Gasteiger partial charge in [0.25, 0.3) is 0 Å². The van der Waals surface area contributed by atoms with E-state index in [-0.39, 0.29) is 11.9 Å². The first-order valence-electron chi connectivity index (χ1n) is 5.41. The minimum atomic E-state index is -0.386. The minimum Gasteiger partial charge on any atom is -0.491 e. The molecule has 90 valence electrons. The lowest BCUT2D eigenvalue weighted by atomic mass is 10.1. The van der Waals surface area contributed by atoms with Crippen LogP contribution >= 0.6 is 0 Å². The van der Waals surface area contributed by atoms with Crippen LogP contribution in [0.2, 0.25) is 0 Å². The average Bonchev–Trinajstić information content (AvgIpc) is 2.24. The normalized spacial score (nSPS) is 12.5. The third kappa shape index (κ3) is 3.47. The van der Waals surface area contributed by atoms with Gasteiger partial charge in [-0.2, -0.15) is 0 Å². The quantitative estimate of drug-likeness (QED) is 0.758. The molecule has 1 aromatic rings. The Morgan fingerprint density at radius 3 is 2.75 bits per heavy atom. The lowest BCUT2D eigenvalue weighted by Gasteiger charge is -2.14. The molecule has 1 aromatic carbocycles. The lowest BCUT2D eigenvalue weighted by molar-refractivity contribution is 0.109. The summed E-state index contributed by atoms with van der Waals surface area (Å²) in [6.07, 6.45) is 0. The van der Waals surface area contributed by atoms with Gasteiger partial charge in [0, 0.05) is 18.2 Å². The van der Waals surface area contributed by atoms with Crippen molar-refractivity contribution in [1.82, 2.24) is 0 Å². The van der Waals surface area contributed by atoms with Crippen LogP contribution in [0.25, 0.3) is 0 Å². The van der Waals surface area contributed by atoms with Gasteiger partial charge in [0.15, 0.2) is 0 Å². The van der Waals surface area contributed by atoms with Crippen molar-refractivity contribution in [2.45, 2.75) is 19.9 Å². The molecular formula is C12H18FNO2. The third-order valence-corrected chi connectivity index (χ3v) is 2.16. The molecule has 2 N–H and O–H groups in total. The Balaban J connectivity index is 2.67. The van der Waals surface area contributed by atoms with Gasteiger partial charge >= 0.3 is 0 Å². The highest BCUT2D eigenvalue weighted by atomic mass is 19.1. The molecule has 0 saturated carbocycles. The van der Waals surface area contributed by atoms with Crippen LogP contribution in [0.4, 0.5) is 4.39 Å². The molecule has 3 nitrogen and oxygen atoms in total. The SMILES string of the molecule is CCOCCOc1cccc(F)c1[C@H](C)N. The highest BCUT2D eigenvalue weighted by Crippen LogP contribution is 2.26. The van der Waals surface area contributed by atoms with Crippen LogP contribution in [-0.4, -0.2) is 19.8 Å². The fraction of sp³-hybridized carbons (Fsp3) is 0.500. The Morgan fingerprint density at radius 2 is 2.12 bits per heavy atom. The fourth-order valence-corrected chi connectivity index (χ4v) is 1.44. The number of rotatable bonds is 6. The number of halogens is 1. The molecule has 0 saturated heterocycles. The molecule has 0 aliphatic carbocycles. The zero-order chi connectivity index (χ0) is 12.0. The maximum Gasteiger partial charge on any atom is 0.131 e. The summed E-state index contributed by atoms with van der Waals surface area (Å²) in [5.41, 5.74) is 6.11. The number of hydrogen-bond acceptors (Lipinski definition) is 3. The standard InChI is InChI=1S/C12H18FNO2/c1-3-15-7-8-16-11-6-4-5-10(13)12(11)9(2)14/h4-6,9H,3,7-8,14H2,1-2H3/t9-/m0/s1. The topological polar surface area (TPSA) is 44.5 Å². The van der Waals surface area contributed by atoms with E-state index in [0.29, 0.717) is 31.1 Å². The van der Waals surface area contributed by atoms with Crippen LogP contribution < -0.4 is 10.5 Å². The predicted molar refractivity (Wildman–Crippen MR) is 61.0 cm³/mol. The summed E-state index contributed by atoms with van der Waals surface area (Å²) in [5.74, 6) is 0.165. The molecule has 0 bridgehead atoms. The van der Waals surface area contributed by atoms with Crippen molar-refractivity contribution in [2.75, 3.05) is 19.8 Å². The van der Waals surface area contributed by atoms with E-state index in [1.165, 1.54) is 6.07 Å². The molecule has 1 rings (SSSR count). The molecular weight excluding hydrogens is 209 g/mol. The van der Waals surface area contributed by atoms with Crippen LogP contribution in [0.3, 0.4) is 0 Å². The molecule has 0 radical (unpaired) electrons. The van der Waals surface area contributed by atoms with E-state index in [1.807, 2.05) is 6.92 Å². The van der Waals surface area contributed by atoms with Crippen LogP contribution in [0.1, 0.15) is 25.5 Å². The number of nitrogens with two attached hydrogens (primary N) is 1. The number of ether oxygens (including phenoxy) is 2. The first-order valence-corrected chi connectivity index (χ1v) is 5.41. The van der Waals surface area contributed by atoms with Crippen molar-refractivity contribution in [3.63, 3.8) is 0 Å². The molecule has 1 atom stereocenters. The molecule has 0 aliphatic rings. The fourth-order valence-electron chi connectivity index (χ4n) is 1.44. The molecule has 0 spiro atoms. The zero-order valence-corrected chi connectivity index (χ0v) is 9.70. The van der Waals surface area contributed by atoms with Crippen molar-refractivity contribution < 1.29 is 13.9 Å². The van der Waals surface area contributed by atoms with Gasteiger partial charge in [-0.15, -0.1) is 0 Å². The third-order valence-electron chi connectivity index (χ3n) is 2.16. The van der Waals surface area contributed by atoms with Crippen molar-refractivity contribution in [2.24, 2.45) is 5.73 Å². The Hall–Kier alpha value is -1.13. The molecule has 0 aromatic heterocycles. The summed E-state index contributed by atoms with van der Waals surface area (Å²) >= 11 is 0. The molecule has 0 amide bonds. The largest absolute Gasteiger partial charge is 0.491 e. The maximum absolute atomic E-state index is 13.5. The second-order valence-corrected chi connectivity index (χ2v) is 3.49. The Bertz CT molecular complexity index is 329. The van der Waals surface area contributed by atoms with E-state index in [4.69, 9.17) is 15.2 Å². The molecule has 4 heteroatoms. The summed E-state index contributed by atoms with van der Waals surface area (Å²) in [4.78, 5) is 0. The minimum absolute atomic E-state index is 0.330. The van der Waals surface area contributed by atoms with E-state index in [0.717, 1.165) is 0 Å². The van der Waals surface area contributed by atoms with Crippen molar-refractivity contribution in [3.05, 3.63) is 29.6 Å². The van der Waals surface area contributed by atoms with E-state index in [2.05, 4.69) is 0 Å². The van der Waals surface area contributed by atoms with Gasteiger partial charge < -0.3 is 15.2 Å². The summed E-state index contributed by atoms with van der Waals surface area (Å²) in [5, 5.41) is 0. The summed E-state index contributed by atoms with van der Waals surface area (Å²) < 4.78 is 24.1. The van der Waals surface area contributed by atoms with Crippen LogP contribution in [0, 0.1) is 5.82 Å². The maximum atomic E-state index is 13.5. The summed E-state index contributed by atoms with van der Waals surface area (Å²) in [6.45, 7) is 5.18. The van der Waals surface area contributed by atoms with Gasteiger partial charge in [0.1, 0.15) is 18.2 Å². The van der Waals surface area contributed by atoms with Crippen molar-refractivity contribution >= 4 is 0 Å². The Morgan fingerprint density at radius 1 is 1.38 bits per heavy atom. The van der Waals surface area contributed by atoms with Crippen molar-refractivity contribution in [3.8, 4) is 5.75 Å². The summed E-state index contributed by atoms with van der Waals surface area (Å²) in [6, 6.07) is 4.32.